The highest BCUT2D eigenvalue weighted by Gasteiger charge is 2.11. The molecule has 1 aromatic rings. The molecule has 0 atom stereocenters. The number of Topliss-reactive ketones (excluding diaryl/α,β-unsaturated/α-hetero) is 1. The first-order valence-corrected chi connectivity index (χ1v) is 6.91. The van der Waals surface area contributed by atoms with Crippen LogP contribution >= 0.6 is 11.6 Å². The number of halogens is 2. The van der Waals surface area contributed by atoms with E-state index < -0.39 is 5.82 Å². The van der Waals surface area contributed by atoms with Crippen LogP contribution in [0.2, 0.25) is 5.02 Å². The Balaban J connectivity index is 2.32. The summed E-state index contributed by atoms with van der Waals surface area (Å²) in [6.45, 7) is 5.28. The summed E-state index contributed by atoms with van der Waals surface area (Å²) >= 11 is 5.87. The van der Waals surface area contributed by atoms with Gasteiger partial charge in [0.15, 0.2) is 0 Å². The highest BCUT2D eigenvalue weighted by molar-refractivity contribution is 6.31. The zero-order valence-corrected chi connectivity index (χ0v) is 12.2. The predicted octanol–water partition coefficient (Wildman–Crippen LogP) is 4.04. The summed E-state index contributed by atoms with van der Waals surface area (Å²) in [7, 11) is 0. The SMILES string of the molecule is CC(C)CCOCCC(=O)Cc1c(F)cccc1Cl. The van der Waals surface area contributed by atoms with E-state index in [4.69, 9.17) is 16.3 Å². The van der Waals surface area contributed by atoms with Gasteiger partial charge in [-0.05, 0) is 24.5 Å². The summed E-state index contributed by atoms with van der Waals surface area (Å²) in [5.74, 6) is 0.103. The molecule has 0 unspecified atom stereocenters. The Hall–Kier alpha value is -0.930. The number of benzene rings is 1. The van der Waals surface area contributed by atoms with Crippen LogP contribution in [-0.4, -0.2) is 19.0 Å². The lowest BCUT2D eigenvalue weighted by Gasteiger charge is -2.07. The van der Waals surface area contributed by atoms with Crippen molar-refractivity contribution in [1.29, 1.82) is 0 Å². The number of hydrogen-bond acceptors (Lipinski definition) is 2. The van der Waals surface area contributed by atoms with Gasteiger partial charge >= 0.3 is 0 Å². The average Bonchev–Trinajstić information content (AvgIpc) is 2.33. The lowest BCUT2D eigenvalue weighted by molar-refractivity contribution is -0.119. The molecule has 0 saturated heterocycles. The zero-order chi connectivity index (χ0) is 14.3. The van der Waals surface area contributed by atoms with E-state index in [0.717, 1.165) is 6.42 Å². The Kier molecular flexibility index (Phi) is 7.03. The number of carbonyl (C=O) groups excluding carboxylic acids is 1. The minimum Gasteiger partial charge on any atom is -0.381 e. The van der Waals surface area contributed by atoms with E-state index in [1.807, 2.05) is 0 Å². The molecule has 0 radical (unpaired) electrons. The molecule has 1 aromatic carbocycles. The summed E-state index contributed by atoms with van der Waals surface area (Å²) in [4.78, 5) is 11.7. The van der Waals surface area contributed by atoms with Gasteiger partial charge in [0.1, 0.15) is 11.6 Å². The Labute approximate surface area is 118 Å². The Bertz CT molecular complexity index is 398. The van der Waals surface area contributed by atoms with Crippen molar-refractivity contribution in [2.45, 2.75) is 33.1 Å². The lowest BCUT2D eigenvalue weighted by Crippen LogP contribution is -2.10. The monoisotopic (exact) mass is 286 g/mol. The Morgan fingerprint density at radius 3 is 2.74 bits per heavy atom. The summed E-state index contributed by atoms with van der Waals surface area (Å²) in [5, 5.41) is 0.300. The molecule has 0 aliphatic rings. The summed E-state index contributed by atoms with van der Waals surface area (Å²) in [5.41, 5.74) is 0.274. The fourth-order valence-electron chi connectivity index (χ4n) is 1.59. The highest BCUT2D eigenvalue weighted by atomic mass is 35.5. The van der Waals surface area contributed by atoms with E-state index in [1.165, 1.54) is 12.1 Å². The first-order chi connectivity index (χ1) is 9.00. The topological polar surface area (TPSA) is 26.3 Å². The molecule has 0 N–H and O–H groups in total. The van der Waals surface area contributed by atoms with Crippen LogP contribution in [0.3, 0.4) is 0 Å². The van der Waals surface area contributed by atoms with E-state index >= 15 is 0 Å². The third-order valence-corrected chi connectivity index (χ3v) is 3.15. The number of ketones is 1. The zero-order valence-electron chi connectivity index (χ0n) is 11.4. The van der Waals surface area contributed by atoms with Crippen LogP contribution in [0.15, 0.2) is 18.2 Å². The maximum atomic E-state index is 13.5. The molecule has 0 fully saturated rings. The van der Waals surface area contributed by atoms with Crippen molar-refractivity contribution < 1.29 is 13.9 Å². The van der Waals surface area contributed by atoms with Crippen molar-refractivity contribution in [1.82, 2.24) is 0 Å². The second kappa shape index (κ2) is 8.28. The third kappa shape index (κ3) is 6.17. The Morgan fingerprint density at radius 1 is 1.37 bits per heavy atom. The van der Waals surface area contributed by atoms with Gasteiger partial charge < -0.3 is 4.74 Å². The molecule has 0 saturated carbocycles. The van der Waals surface area contributed by atoms with Crippen molar-refractivity contribution in [2.24, 2.45) is 5.92 Å². The van der Waals surface area contributed by atoms with Gasteiger partial charge in [-0.3, -0.25) is 4.79 Å². The van der Waals surface area contributed by atoms with E-state index in [0.29, 0.717) is 30.6 Å². The summed E-state index contributed by atoms with van der Waals surface area (Å²) in [6.07, 6.45) is 1.30. The molecule has 4 heteroatoms. The number of carbonyl (C=O) groups is 1. The van der Waals surface area contributed by atoms with E-state index in [1.54, 1.807) is 6.07 Å². The van der Waals surface area contributed by atoms with Crippen molar-refractivity contribution in [3.05, 3.63) is 34.6 Å². The van der Waals surface area contributed by atoms with Gasteiger partial charge in [-0.1, -0.05) is 31.5 Å². The number of hydrogen-bond donors (Lipinski definition) is 0. The molecule has 0 amide bonds. The van der Waals surface area contributed by atoms with Gasteiger partial charge in [0.25, 0.3) is 0 Å². The van der Waals surface area contributed by atoms with Crippen LogP contribution in [0.25, 0.3) is 0 Å². The molecule has 0 bridgehead atoms. The maximum Gasteiger partial charge on any atom is 0.139 e. The molecular formula is C15H20ClFO2. The standard InChI is InChI=1S/C15H20ClFO2/c1-11(2)6-8-19-9-7-12(18)10-13-14(16)4-3-5-15(13)17/h3-5,11H,6-10H2,1-2H3. The first kappa shape index (κ1) is 16.1. The van der Waals surface area contributed by atoms with Crippen molar-refractivity contribution >= 4 is 17.4 Å². The van der Waals surface area contributed by atoms with E-state index in [9.17, 15) is 9.18 Å². The average molecular weight is 287 g/mol. The Morgan fingerprint density at radius 2 is 2.11 bits per heavy atom. The molecule has 0 aliphatic heterocycles. The predicted molar refractivity (Wildman–Crippen MR) is 75.0 cm³/mol. The first-order valence-electron chi connectivity index (χ1n) is 6.53. The van der Waals surface area contributed by atoms with Gasteiger partial charge in [0.2, 0.25) is 0 Å². The summed E-state index contributed by atoms with van der Waals surface area (Å²) in [6, 6.07) is 4.43. The number of ether oxygens (including phenoxy) is 1. The largest absolute Gasteiger partial charge is 0.381 e. The number of rotatable bonds is 8. The van der Waals surface area contributed by atoms with E-state index in [2.05, 4.69) is 13.8 Å². The fourth-order valence-corrected chi connectivity index (χ4v) is 1.82. The quantitative estimate of drug-likeness (QED) is 0.674. The summed E-state index contributed by atoms with van der Waals surface area (Å²) < 4.78 is 18.8. The van der Waals surface area contributed by atoms with Gasteiger partial charge in [-0.15, -0.1) is 0 Å². The van der Waals surface area contributed by atoms with Crippen LogP contribution in [0.4, 0.5) is 4.39 Å². The van der Waals surface area contributed by atoms with Crippen LogP contribution in [0.5, 0.6) is 0 Å². The van der Waals surface area contributed by atoms with Crippen molar-refractivity contribution in [2.75, 3.05) is 13.2 Å². The second-order valence-corrected chi connectivity index (χ2v) is 5.37. The smallest absolute Gasteiger partial charge is 0.139 e. The normalized spacial score (nSPS) is 11.0. The molecule has 19 heavy (non-hydrogen) atoms. The van der Waals surface area contributed by atoms with Crippen molar-refractivity contribution in [3.8, 4) is 0 Å². The molecule has 0 heterocycles. The molecule has 0 spiro atoms. The maximum absolute atomic E-state index is 13.5. The van der Waals surface area contributed by atoms with Gasteiger partial charge in [0, 0.05) is 30.0 Å². The highest BCUT2D eigenvalue weighted by Crippen LogP contribution is 2.19. The lowest BCUT2D eigenvalue weighted by atomic mass is 10.1. The molecule has 0 aliphatic carbocycles. The molecular weight excluding hydrogens is 267 g/mol. The van der Waals surface area contributed by atoms with Crippen LogP contribution in [0, 0.1) is 11.7 Å². The minimum atomic E-state index is -0.429. The van der Waals surface area contributed by atoms with Crippen LogP contribution in [0.1, 0.15) is 32.3 Å². The molecule has 106 valence electrons. The molecule has 0 aromatic heterocycles. The van der Waals surface area contributed by atoms with Crippen molar-refractivity contribution in [3.63, 3.8) is 0 Å². The van der Waals surface area contributed by atoms with E-state index in [-0.39, 0.29) is 17.8 Å². The molecule has 2 nitrogen and oxygen atoms in total. The van der Waals surface area contributed by atoms with Crippen LogP contribution < -0.4 is 0 Å². The second-order valence-electron chi connectivity index (χ2n) is 4.96. The van der Waals surface area contributed by atoms with Gasteiger partial charge in [0.05, 0.1) is 6.61 Å². The van der Waals surface area contributed by atoms with Gasteiger partial charge in [-0.2, -0.15) is 0 Å². The third-order valence-electron chi connectivity index (χ3n) is 2.80. The minimum absolute atomic E-state index is 0.0268. The van der Waals surface area contributed by atoms with Gasteiger partial charge in [-0.25, -0.2) is 4.39 Å². The van der Waals surface area contributed by atoms with Crippen LogP contribution in [-0.2, 0) is 16.0 Å². The fraction of sp³-hybridized carbons (Fsp3) is 0.533. The molecule has 1 rings (SSSR count).